The predicted molar refractivity (Wildman–Crippen MR) is 133 cm³/mol. The third-order valence-electron chi connectivity index (χ3n) is 4.72. The molecular weight excluding hydrogens is 493 g/mol. The first-order chi connectivity index (χ1) is 17.3. The highest BCUT2D eigenvalue weighted by Gasteiger charge is 2.31. The minimum Gasteiger partial charge on any atom is -0.497 e. The smallest absolute Gasteiger partial charge is 0.497 e. The number of hydrogen-bond acceptors (Lipinski definition) is 6. The summed E-state index contributed by atoms with van der Waals surface area (Å²) in [6.07, 6.45) is -1.65. The van der Waals surface area contributed by atoms with Crippen molar-refractivity contribution in [1.82, 2.24) is 20.2 Å². The first-order valence-corrected chi connectivity index (χ1v) is 10.8. The second-order valence-electron chi connectivity index (χ2n) is 7.23. The fraction of sp³-hybridized carbons (Fsp3) is 0.0833. The van der Waals surface area contributed by atoms with Gasteiger partial charge in [0.1, 0.15) is 17.8 Å². The number of hydrazone groups is 1. The molecule has 1 heterocycles. The lowest BCUT2D eigenvalue weighted by Crippen LogP contribution is -2.23. The van der Waals surface area contributed by atoms with Gasteiger partial charge in [0.15, 0.2) is 10.9 Å². The van der Waals surface area contributed by atoms with Gasteiger partial charge in [0.05, 0.1) is 19.0 Å². The van der Waals surface area contributed by atoms with Crippen LogP contribution in [-0.2, 0) is 0 Å². The number of nitrogens with zero attached hydrogens (tertiary/aromatic N) is 4. The number of halogens is 3. The largest absolute Gasteiger partial charge is 0.573 e. The van der Waals surface area contributed by atoms with E-state index in [4.69, 9.17) is 17.0 Å². The molecule has 0 radical (unpaired) electrons. The Hall–Kier alpha value is -4.45. The maximum absolute atomic E-state index is 12.3. The van der Waals surface area contributed by atoms with Crippen molar-refractivity contribution in [3.8, 4) is 28.6 Å². The molecule has 4 aromatic rings. The molecule has 0 saturated carbocycles. The summed E-state index contributed by atoms with van der Waals surface area (Å²) in [6.45, 7) is 0. The molecule has 0 aliphatic rings. The van der Waals surface area contributed by atoms with Crippen LogP contribution in [0.1, 0.15) is 5.56 Å². The summed E-state index contributed by atoms with van der Waals surface area (Å²) < 4.78 is 47.4. The van der Waals surface area contributed by atoms with Crippen LogP contribution in [0, 0.1) is 0 Å². The number of ether oxygens (including phenoxy) is 2. The average Bonchev–Trinajstić information content (AvgIpc) is 3.35. The first kappa shape index (κ1) is 24.7. The number of anilines is 1. The van der Waals surface area contributed by atoms with E-state index in [1.807, 2.05) is 48.5 Å². The van der Waals surface area contributed by atoms with E-state index < -0.39 is 6.36 Å². The number of thiocarbonyl (C=S) groups is 1. The van der Waals surface area contributed by atoms with Crippen molar-refractivity contribution < 1.29 is 22.6 Å². The fourth-order valence-corrected chi connectivity index (χ4v) is 3.21. The second-order valence-corrected chi connectivity index (χ2v) is 7.64. The van der Waals surface area contributed by atoms with E-state index in [0.29, 0.717) is 16.6 Å². The van der Waals surface area contributed by atoms with Crippen LogP contribution in [0.15, 0.2) is 84.2 Å². The molecule has 0 aliphatic heterocycles. The van der Waals surface area contributed by atoms with Gasteiger partial charge >= 0.3 is 6.36 Å². The number of rotatable bonds is 7. The van der Waals surface area contributed by atoms with Gasteiger partial charge in [-0.1, -0.05) is 24.3 Å². The van der Waals surface area contributed by atoms with Crippen molar-refractivity contribution in [2.24, 2.45) is 5.10 Å². The fourth-order valence-electron chi connectivity index (χ4n) is 3.04. The van der Waals surface area contributed by atoms with E-state index in [-0.39, 0.29) is 5.75 Å². The molecule has 0 spiro atoms. The molecule has 0 aliphatic carbocycles. The van der Waals surface area contributed by atoms with Crippen molar-refractivity contribution in [2.45, 2.75) is 6.36 Å². The first-order valence-electron chi connectivity index (χ1n) is 10.4. The monoisotopic (exact) mass is 512 g/mol. The molecule has 0 saturated heterocycles. The van der Waals surface area contributed by atoms with Crippen molar-refractivity contribution in [1.29, 1.82) is 0 Å². The minimum absolute atomic E-state index is 0.310. The van der Waals surface area contributed by atoms with Gasteiger partial charge in [-0.05, 0) is 66.3 Å². The van der Waals surface area contributed by atoms with E-state index in [2.05, 4.69) is 30.7 Å². The lowest BCUT2D eigenvalue weighted by molar-refractivity contribution is -0.274. The topological polar surface area (TPSA) is 85.6 Å². The van der Waals surface area contributed by atoms with E-state index >= 15 is 0 Å². The highest BCUT2D eigenvalue weighted by atomic mass is 32.1. The quantitative estimate of drug-likeness (QED) is 0.201. The van der Waals surface area contributed by atoms with Gasteiger partial charge in [-0.15, -0.1) is 18.3 Å². The molecule has 8 nitrogen and oxygen atoms in total. The number of methoxy groups -OCH3 is 1. The lowest BCUT2D eigenvalue weighted by atomic mass is 10.1. The van der Waals surface area contributed by atoms with Crippen LogP contribution in [0.3, 0.4) is 0 Å². The summed E-state index contributed by atoms with van der Waals surface area (Å²) >= 11 is 5.23. The van der Waals surface area contributed by atoms with Crippen LogP contribution in [0.25, 0.3) is 17.1 Å². The number of benzene rings is 3. The number of nitrogens with one attached hydrogen (secondary N) is 2. The Balaban J connectivity index is 1.33. The Morgan fingerprint density at radius 1 is 0.972 bits per heavy atom. The van der Waals surface area contributed by atoms with Crippen molar-refractivity contribution in [3.05, 3.63) is 84.7 Å². The van der Waals surface area contributed by atoms with Crippen LogP contribution in [0.4, 0.5) is 18.9 Å². The van der Waals surface area contributed by atoms with Crippen LogP contribution >= 0.6 is 12.2 Å². The Morgan fingerprint density at radius 3 is 2.28 bits per heavy atom. The molecule has 36 heavy (non-hydrogen) atoms. The van der Waals surface area contributed by atoms with Crippen LogP contribution in [0.5, 0.6) is 11.5 Å². The molecule has 4 rings (SSSR count). The Bertz CT molecular complexity index is 1340. The zero-order valence-corrected chi connectivity index (χ0v) is 19.5. The molecule has 0 amide bonds. The van der Waals surface area contributed by atoms with Gasteiger partial charge in [-0.25, -0.2) is 9.67 Å². The zero-order chi connectivity index (χ0) is 25.5. The van der Waals surface area contributed by atoms with E-state index in [1.54, 1.807) is 13.3 Å². The van der Waals surface area contributed by atoms with Gasteiger partial charge in [-0.2, -0.15) is 5.10 Å². The SMILES string of the molecule is COc1ccc(NC(=S)NN=Cc2ccc(-c3ncn(-c4ccc(OC(F)(F)F)cc4)n3)cc2)cc1. The normalized spacial score (nSPS) is 11.3. The molecule has 1 aromatic heterocycles. The van der Waals surface area contributed by atoms with E-state index in [1.165, 1.54) is 35.3 Å². The predicted octanol–water partition coefficient (Wildman–Crippen LogP) is 5.16. The molecule has 0 atom stereocenters. The van der Waals surface area contributed by atoms with Crippen molar-refractivity contribution in [2.75, 3.05) is 12.4 Å². The lowest BCUT2D eigenvalue weighted by Gasteiger charge is -2.09. The van der Waals surface area contributed by atoms with Gasteiger partial charge in [0.2, 0.25) is 0 Å². The van der Waals surface area contributed by atoms with Crippen molar-refractivity contribution in [3.63, 3.8) is 0 Å². The number of hydrogen-bond donors (Lipinski definition) is 2. The van der Waals surface area contributed by atoms with Crippen LogP contribution in [0.2, 0.25) is 0 Å². The Labute approximate surface area is 209 Å². The Kier molecular flexibility index (Phi) is 7.44. The molecule has 0 bridgehead atoms. The molecule has 0 unspecified atom stereocenters. The van der Waals surface area contributed by atoms with Crippen molar-refractivity contribution >= 4 is 29.2 Å². The molecule has 2 N–H and O–H groups in total. The third kappa shape index (κ3) is 6.79. The highest BCUT2D eigenvalue weighted by Crippen LogP contribution is 2.24. The van der Waals surface area contributed by atoms with Crippen LogP contribution in [-0.4, -0.2) is 39.6 Å². The number of alkyl halides is 3. The number of aromatic nitrogens is 3. The van der Waals surface area contributed by atoms with Gasteiger partial charge in [0, 0.05) is 11.3 Å². The van der Waals surface area contributed by atoms with Gasteiger partial charge in [0.25, 0.3) is 0 Å². The summed E-state index contributed by atoms with van der Waals surface area (Å²) in [5.74, 6) is 0.893. The molecule has 0 fully saturated rings. The molecule has 12 heteroatoms. The van der Waals surface area contributed by atoms with Gasteiger partial charge < -0.3 is 14.8 Å². The summed E-state index contributed by atoms with van der Waals surface area (Å²) in [5, 5.41) is 11.9. The summed E-state index contributed by atoms with van der Waals surface area (Å²) in [5.41, 5.74) is 5.66. The third-order valence-corrected chi connectivity index (χ3v) is 4.92. The molecular formula is C24H19F3N6O2S. The zero-order valence-electron chi connectivity index (χ0n) is 18.7. The summed E-state index contributed by atoms with van der Waals surface area (Å²) in [4.78, 5) is 4.27. The maximum atomic E-state index is 12.3. The van der Waals surface area contributed by atoms with E-state index in [0.717, 1.165) is 22.6 Å². The average molecular weight is 513 g/mol. The summed E-state index contributed by atoms with van der Waals surface area (Å²) in [6, 6.07) is 20.0. The van der Waals surface area contributed by atoms with E-state index in [9.17, 15) is 13.2 Å². The second kappa shape index (κ2) is 10.9. The molecule has 184 valence electrons. The standard InChI is InChI=1S/C24H19F3N6O2S/c1-34-20-10-6-18(7-11-20)30-23(36)31-29-14-16-2-4-17(5-3-16)22-28-15-33(32-22)19-8-12-21(13-9-19)35-24(25,26)27/h2-15H,1H3,(H2,30,31,36). The Morgan fingerprint density at radius 2 is 1.64 bits per heavy atom. The minimum atomic E-state index is -4.74. The van der Waals surface area contributed by atoms with Gasteiger partial charge in [-0.3, -0.25) is 5.43 Å². The molecule has 3 aromatic carbocycles. The maximum Gasteiger partial charge on any atom is 0.573 e. The van der Waals surface area contributed by atoms with Crippen LogP contribution < -0.4 is 20.2 Å². The highest BCUT2D eigenvalue weighted by molar-refractivity contribution is 7.80. The summed E-state index contributed by atoms with van der Waals surface area (Å²) in [7, 11) is 1.60.